The predicted molar refractivity (Wildman–Crippen MR) is 83.8 cm³/mol. The Hall–Kier alpha value is -1.99. The lowest BCUT2D eigenvalue weighted by molar-refractivity contribution is 0.414. The normalized spacial score (nSPS) is 9.85. The third-order valence-corrected chi connectivity index (χ3v) is 3.75. The summed E-state index contributed by atoms with van der Waals surface area (Å²) < 4.78 is 6.27. The maximum atomic E-state index is 8.64. The van der Waals surface area contributed by atoms with Gasteiger partial charge >= 0.3 is 0 Å². The second-order valence-corrected chi connectivity index (χ2v) is 5.20. The third-order valence-electron chi connectivity index (χ3n) is 2.97. The van der Waals surface area contributed by atoms with Gasteiger partial charge in [-0.15, -0.1) is 0 Å². The van der Waals surface area contributed by atoms with Gasteiger partial charge in [-0.05, 0) is 41.5 Å². The summed E-state index contributed by atoms with van der Waals surface area (Å²) in [6.07, 6.45) is 0.446. The number of hydrogen-bond donors (Lipinski definition) is 1. The van der Waals surface area contributed by atoms with Gasteiger partial charge in [0.2, 0.25) is 0 Å². The molecule has 0 fully saturated rings. The number of benzene rings is 2. The van der Waals surface area contributed by atoms with Crippen molar-refractivity contribution in [3.05, 3.63) is 58.1 Å². The molecule has 2 aromatic carbocycles. The van der Waals surface area contributed by atoms with Crippen molar-refractivity contribution < 1.29 is 4.74 Å². The van der Waals surface area contributed by atoms with Crippen LogP contribution in [0.5, 0.6) is 5.75 Å². The zero-order valence-corrected chi connectivity index (χ0v) is 12.8. The lowest BCUT2D eigenvalue weighted by Crippen LogP contribution is -2.00. The Morgan fingerprint density at radius 1 is 1.20 bits per heavy atom. The molecule has 2 rings (SSSR count). The third kappa shape index (κ3) is 3.75. The van der Waals surface area contributed by atoms with Gasteiger partial charge in [-0.1, -0.05) is 28.1 Å². The molecular weight excluding hydrogens is 316 g/mol. The lowest BCUT2D eigenvalue weighted by atomic mass is 10.1. The van der Waals surface area contributed by atoms with E-state index in [-0.39, 0.29) is 0 Å². The van der Waals surface area contributed by atoms with E-state index in [1.807, 2.05) is 42.5 Å². The summed E-state index contributed by atoms with van der Waals surface area (Å²) in [6.45, 7) is 0.704. The summed E-state index contributed by atoms with van der Waals surface area (Å²) in [5, 5.41) is 12.0. The van der Waals surface area contributed by atoms with Crippen LogP contribution in [-0.2, 0) is 13.0 Å². The Balaban J connectivity index is 2.03. The van der Waals surface area contributed by atoms with Crippen LogP contribution in [0.25, 0.3) is 0 Å². The average molecular weight is 331 g/mol. The summed E-state index contributed by atoms with van der Waals surface area (Å²) in [4.78, 5) is 0. The summed E-state index contributed by atoms with van der Waals surface area (Å²) in [7, 11) is 1.66. The van der Waals surface area contributed by atoms with E-state index in [9.17, 15) is 0 Å². The molecule has 4 heteroatoms. The van der Waals surface area contributed by atoms with Crippen molar-refractivity contribution in [1.29, 1.82) is 5.26 Å². The van der Waals surface area contributed by atoms with Gasteiger partial charge in [0.1, 0.15) is 5.75 Å². The van der Waals surface area contributed by atoms with E-state index in [0.717, 1.165) is 27.0 Å². The highest BCUT2D eigenvalue weighted by Gasteiger charge is 2.02. The number of halogens is 1. The molecule has 0 aliphatic heterocycles. The van der Waals surface area contributed by atoms with E-state index < -0.39 is 0 Å². The molecular formula is C16H15BrN2O. The fraction of sp³-hybridized carbons (Fsp3) is 0.188. The Kier molecular flexibility index (Phi) is 5.03. The Morgan fingerprint density at radius 2 is 1.95 bits per heavy atom. The van der Waals surface area contributed by atoms with Gasteiger partial charge in [0.15, 0.2) is 0 Å². The van der Waals surface area contributed by atoms with Crippen LogP contribution in [0.3, 0.4) is 0 Å². The Bertz CT molecular complexity index is 617. The zero-order valence-electron chi connectivity index (χ0n) is 11.2. The fourth-order valence-corrected chi connectivity index (χ4v) is 2.23. The van der Waals surface area contributed by atoms with Crippen LogP contribution >= 0.6 is 15.9 Å². The molecule has 1 N–H and O–H groups in total. The van der Waals surface area contributed by atoms with Crippen LogP contribution in [-0.4, -0.2) is 7.11 Å². The van der Waals surface area contributed by atoms with Crippen molar-refractivity contribution in [1.82, 2.24) is 0 Å². The highest BCUT2D eigenvalue weighted by atomic mass is 79.9. The highest BCUT2D eigenvalue weighted by molar-refractivity contribution is 9.10. The molecule has 0 spiro atoms. The van der Waals surface area contributed by atoms with Gasteiger partial charge in [0.25, 0.3) is 0 Å². The van der Waals surface area contributed by atoms with Crippen molar-refractivity contribution >= 4 is 21.6 Å². The maximum Gasteiger partial charge on any atom is 0.119 e. The minimum absolute atomic E-state index is 0.446. The van der Waals surface area contributed by atoms with E-state index in [0.29, 0.717) is 13.0 Å². The van der Waals surface area contributed by atoms with Crippen molar-refractivity contribution in [3.63, 3.8) is 0 Å². The minimum atomic E-state index is 0.446. The van der Waals surface area contributed by atoms with E-state index in [1.54, 1.807) is 7.11 Å². The number of anilines is 1. The maximum absolute atomic E-state index is 8.64. The van der Waals surface area contributed by atoms with E-state index >= 15 is 0 Å². The number of ether oxygens (including phenoxy) is 1. The second-order valence-electron chi connectivity index (χ2n) is 4.34. The van der Waals surface area contributed by atoms with Crippen molar-refractivity contribution in [2.75, 3.05) is 12.4 Å². The van der Waals surface area contributed by atoms with Crippen LogP contribution in [0.1, 0.15) is 11.1 Å². The van der Waals surface area contributed by atoms with Crippen LogP contribution < -0.4 is 10.1 Å². The summed E-state index contributed by atoms with van der Waals surface area (Å²) in [5.41, 5.74) is 3.19. The molecule has 0 aliphatic rings. The van der Waals surface area contributed by atoms with E-state index in [4.69, 9.17) is 10.00 Å². The van der Waals surface area contributed by atoms with Crippen molar-refractivity contribution in [2.24, 2.45) is 0 Å². The standard InChI is InChI=1S/C16H15BrN2O/c1-20-15-6-7-16(17)13(10-15)11-19-14-4-2-12(3-5-14)8-9-18/h2-7,10,19H,8,11H2,1H3. The van der Waals surface area contributed by atoms with E-state index in [1.165, 1.54) is 0 Å². The molecule has 0 heterocycles. The molecule has 0 atom stereocenters. The molecule has 0 radical (unpaired) electrons. The van der Waals surface area contributed by atoms with Gasteiger partial charge < -0.3 is 10.1 Å². The Labute approximate surface area is 127 Å². The van der Waals surface area contributed by atoms with Gasteiger partial charge in [-0.25, -0.2) is 0 Å². The molecule has 0 aliphatic carbocycles. The van der Waals surface area contributed by atoms with Gasteiger partial charge in [-0.3, -0.25) is 0 Å². The number of rotatable bonds is 5. The summed E-state index contributed by atoms with van der Waals surface area (Å²) in [6, 6.07) is 15.9. The first-order valence-corrected chi connectivity index (χ1v) is 7.04. The molecule has 0 amide bonds. The van der Waals surface area contributed by atoms with Crippen LogP contribution in [0.4, 0.5) is 5.69 Å². The van der Waals surface area contributed by atoms with Gasteiger partial charge in [0, 0.05) is 16.7 Å². The Morgan fingerprint density at radius 3 is 2.60 bits per heavy atom. The molecule has 0 unspecified atom stereocenters. The number of hydrogen-bond acceptors (Lipinski definition) is 3. The highest BCUT2D eigenvalue weighted by Crippen LogP contribution is 2.23. The van der Waals surface area contributed by atoms with Gasteiger partial charge in [-0.2, -0.15) is 5.26 Å². The molecule has 102 valence electrons. The van der Waals surface area contributed by atoms with E-state index in [2.05, 4.69) is 27.3 Å². The van der Waals surface area contributed by atoms with Crippen molar-refractivity contribution in [3.8, 4) is 11.8 Å². The largest absolute Gasteiger partial charge is 0.497 e. The van der Waals surface area contributed by atoms with Crippen LogP contribution in [0.2, 0.25) is 0 Å². The van der Waals surface area contributed by atoms with Gasteiger partial charge in [0.05, 0.1) is 19.6 Å². The number of nitrogens with one attached hydrogen (secondary N) is 1. The molecule has 0 aromatic heterocycles. The minimum Gasteiger partial charge on any atom is -0.497 e. The first-order chi connectivity index (χ1) is 9.72. The summed E-state index contributed by atoms with van der Waals surface area (Å²) in [5.74, 6) is 0.842. The van der Waals surface area contributed by atoms with Crippen LogP contribution in [0, 0.1) is 11.3 Å². The number of nitriles is 1. The monoisotopic (exact) mass is 330 g/mol. The quantitative estimate of drug-likeness (QED) is 0.896. The van der Waals surface area contributed by atoms with Crippen molar-refractivity contribution in [2.45, 2.75) is 13.0 Å². The van der Waals surface area contributed by atoms with Crippen LogP contribution in [0.15, 0.2) is 46.9 Å². The molecule has 0 bridgehead atoms. The molecule has 0 saturated heterocycles. The first-order valence-electron chi connectivity index (χ1n) is 6.25. The fourth-order valence-electron chi connectivity index (χ4n) is 1.84. The molecule has 20 heavy (non-hydrogen) atoms. The molecule has 0 saturated carbocycles. The second kappa shape index (κ2) is 6.97. The molecule has 2 aromatic rings. The predicted octanol–water partition coefficient (Wildman–Crippen LogP) is 4.14. The average Bonchev–Trinajstić information content (AvgIpc) is 2.48. The summed E-state index contributed by atoms with van der Waals surface area (Å²) >= 11 is 3.53. The smallest absolute Gasteiger partial charge is 0.119 e. The zero-order chi connectivity index (χ0) is 14.4. The number of methoxy groups -OCH3 is 1. The lowest BCUT2D eigenvalue weighted by Gasteiger charge is -2.10. The topological polar surface area (TPSA) is 45.0 Å². The SMILES string of the molecule is COc1ccc(Br)c(CNc2ccc(CC#N)cc2)c1. The number of nitrogens with zero attached hydrogens (tertiary/aromatic N) is 1. The molecule has 3 nitrogen and oxygen atoms in total. The first kappa shape index (κ1) is 14.4.